The van der Waals surface area contributed by atoms with Gasteiger partial charge in [0.2, 0.25) is 5.95 Å². The lowest BCUT2D eigenvalue weighted by molar-refractivity contribution is -0.137. The highest BCUT2D eigenvalue weighted by atomic mass is 19.4. The molecule has 174 valence electrons. The van der Waals surface area contributed by atoms with Crippen LogP contribution in [-0.4, -0.2) is 56.6 Å². The van der Waals surface area contributed by atoms with E-state index >= 15 is 0 Å². The van der Waals surface area contributed by atoms with E-state index < -0.39 is 11.7 Å². The van der Waals surface area contributed by atoms with Crippen molar-refractivity contribution in [2.45, 2.75) is 13.1 Å². The van der Waals surface area contributed by atoms with Crippen LogP contribution in [0, 0.1) is 6.92 Å². The second kappa shape index (κ2) is 8.44. The number of anilines is 1. The summed E-state index contributed by atoms with van der Waals surface area (Å²) < 4.78 is 41.0. The van der Waals surface area contributed by atoms with Gasteiger partial charge in [0.25, 0.3) is 11.7 Å². The highest BCUT2D eigenvalue weighted by molar-refractivity contribution is 5.95. The van der Waals surface area contributed by atoms with Crippen LogP contribution in [0.4, 0.5) is 19.1 Å². The van der Waals surface area contributed by atoms with E-state index in [2.05, 4.69) is 15.1 Å². The van der Waals surface area contributed by atoms with E-state index in [-0.39, 0.29) is 5.91 Å². The molecule has 0 unspecified atom stereocenters. The number of hydrogen-bond acceptors (Lipinski definition) is 5. The van der Waals surface area contributed by atoms with Crippen molar-refractivity contribution in [2.24, 2.45) is 0 Å². The lowest BCUT2D eigenvalue weighted by Gasteiger charge is -2.34. The Balaban J connectivity index is 1.37. The number of aromatic nitrogens is 4. The number of aryl methyl sites for hydroxylation is 1. The minimum absolute atomic E-state index is 0.00536. The van der Waals surface area contributed by atoms with Crippen LogP contribution in [0.25, 0.3) is 17.0 Å². The molecule has 0 radical (unpaired) electrons. The number of nitrogens with zero attached hydrogens (tertiary/aromatic N) is 6. The number of carbonyl (C=O) groups excluding carboxylic acids is 1. The van der Waals surface area contributed by atoms with Crippen LogP contribution in [0.1, 0.15) is 21.5 Å². The fourth-order valence-corrected chi connectivity index (χ4v) is 4.08. The van der Waals surface area contributed by atoms with Crippen LogP contribution < -0.4 is 4.90 Å². The number of alkyl halides is 3. The first-order valence-corrected chi connectivity index (χ1v) is 10.8. The molecule has 1 amide bonds. The van der Waals surface area contributed by atoms with E-state index in [0.29, 0.717) is 54.7 Å². The molecule has 1 aliphatic heterocycles. The normalized spacial score (nSPS) is 14.6. The van der Waals surface area contributed by atoms with Crippen molar-refractivity contribution < 1.29 is 18.0 Å². The average Bonchev–Trinajstić information content (AvgIpc) is 3.28. The van der Waals surface area contributed by atoms with Crippen LogP contribution in [0.5, 0.6) is 0 Å². The monoisotopic (exact) mass is 466 g/mol. The topological polar surface area (TPSA) is 66.6 Å². The van der Waals surface area contributed by atoms with Crippen LogP contribution in [-0.2, 0) is 6.18 Å². The molecule has 0 atom stereocenters. The summed E-state index contributed by atoms with van der Waals surface area (Å²) in [6, 6.07) is 14.2. The van der Waals surface area contributed by atoms with E-state index in [1.165, 1.54) is 16.8 Å². The fraction of sp³-hybridized carbons (Fsp3) is 0.250. The Morgan fingerprint density at radius 2 is 1.74 bits per heavy atom. The number of halogens is 3. The smallest absolute Gasteiger partial charge is 0.336 e. The van der Waals surface area contributed by atoms with Crippen LogP contribution in [0.15, 0.2) is 60.8 Å². The van der Waals surface area contributed by atoms with Gasteiger partial charge in [-0.3, -0.25) is 4.79 Å². The highest BCUT2D eigenvalue weighted by Gasteiger charge is 2.31. The Labute approximate surface area is 193 Å². The molecule has 4 aromatic rings. The second-order valence-electron chi connectivity index (χ2n) is 8.13. The third kappa shape index (κ3) is 4.07. The van der Waals surface area contributed by atoms with E-state index in [0.717, 1.165) is 17.7 Å². The SMILES string of the molecule is Cc1ccccc1C(=O)N1CCN(c2nc3nccc(-c4cccc(C(F)(F)F)c4)n3n2)CC1. The number of piperazine rings is 1. The third-order valence-electron chi connectivity index (χ3n) is 5.94. The number of carbonyl (C=O) groups is 1. The van der Waals surface area contributed by atoms with Gasteiger partial charge in [-0.15, -0.1) is 5.10 Å². The predicted molar refractivity (Wildman–Crippen MR) is 121 cm³/mol. The van der Waals surface area contributed by atoms with Gasteiger partial charge in [0.15, 0.2) is 0 Å². The van der Waals surface area contributed by atoms with Crippen LogP contribution >= 0.6 is 0 Å². The van der Waals surface area contributed by atoms with Crippen molar-refractivity contribution >= 4 is 17.6 Å². The number of rotatable bonds is 3. The summed E-state index contributed by atoms with van der Waals surface area (Å²) in [5, 5.41) is 4.53. The van der Waals surface area contributed by atoms with Gasteiger partial charge in [-0.1, -0.05) is 30.3 Å². The molecule has 3 heterocycles. The largest absolute Gasteiger partial charge is 0.416 e. The molecule has 1 aliphatic rings. The maximum atomic E-state index is 13.2. The molecule has 5 rings (SSSR count). The fourth-order valence-electron chi connectivity index (χ4n) is 4.08. The Kier molecular flexibility index (Phi) is 5.43. The molecule has 0 spiro atoms. The van der Waals surface area contributed by atoms with Crippen molar-refractivity contribution in [2.75, 3.05) is 31.1 Å². The molecule has 1 saturated heterocycles. The van der Waals surface area contributed by atoms with Gasteiger partial charge in [-0.25, -0.2) is 4.98 Å². The van der Waals surface area contributed by atoms with Crippen LogP contribution in [0.2, 0.25) is 0 Å². The van der Waals surface area contributed by atoms with Crippen molar-refractivity contribution in [3.8, 4) is 11.3 Å². The quantitative estimate of drug-likeness (QED) is 0.455. The van der Waals surface area contributed by atoms with Crippen molar-refractivity contribution in [3.05, 3.63) is 77.5 Å². The first-order valence-electron chi connectivity index (χ1n) is 10.8. The number of benzene rings is 2. The predicted octanol–water partition coefficient (Wildman–Crippen LogP) is 4.08. The zero-order valence-corrected chi connectivity index (χ0v) is 18.3. The Hall–Kier alpha value is -3.95. The molecule has 2 aromatic heterocycles. The van der Waals surface area contributed by atoms with Crippen molar-refractivity contribution in [1.29, 1.82) is 0 Å². The first kappa shape index (κ1) is 21.9. The van der Waals surface area contributed by atoms with Crippen molar-refractivity contribution in [3.63, 3.8) is 0 Å². The molecule has 10 heteroatoms. The molecule has 0 N–H and O–H groups in total. The molecule has 34 heavy (non-hydrogen) atoms. The maximum absolute atomic E-state index is 13.2. The summed E-state index contributed by atoms with van der Waals surface area (Å²) in [5.41, 5.74) is 1.72. The number of fused-ring (bicyclic) bond motifs is 1. The standard InChI is InChI=1S/C24H21F3N6O/c1-16-5-2-3-8-19(16)21(34)31-11-13-32(14-12-31)23-29-22-28-10-9-20(33(22)30-23)17-6-4-7-18(15-17)24(25,26)27/h2-10,15H,11-14H2,1H3. The maximum Gasteiger partial charge on any atom is 0.416 e. The summed E-state index contributed by atoms with van der Waals surface area (Å²) in [7, 11) is 0. The summed E-state index contributed by atoms with van der Waals surface area (Å²) >= 11 is 0. The molecule has 0 saturated carbocycles. The summed E-state index contributed by atoms with van der Waals surface area (Å²) in [6.45, 7) is 4.01. The second-order valence-corrected chi connectivity index (χ2v) is 8.13. The van der Waals surface area contributed by atoms with Crippen LogP contribution in [0.3, 0.4) is 0 Å². The van der Waals surface area contributed by atoms with Gasteiger partial charge >= 0.3 is 6.18 Å². The zero-order chi connectivity index (χ0) is 23.9. The highest BCUT2D eigenvalue weighted by Crippen LogP contribution is 2.32. The molecule has 1 fully saturated rings. The summed E-state index contributed by atoms with van der Waals surface area (Å²) in [4.78, 5) is 25.3. The van der Waals surface area contributed by atoms with Gasteiger partial charge in [0.05, 0.1) is 11.3 Å². The average molecular weight is 466 g/mol. The van der Waals surface area contributed by atoms with Gasteiger partial charge in [0.1, 0.15) is 0 Å². The van der Waals surface area contributed by atoms with E-state index in [1.807, 2.05) is 36.1 Å². The van der Waals surface area contributed by atoms with Crippen molar-refractivity contribution in [1.82, 2.24) is 24.5 Å². The lowest BCUT2D eigenvalue weighted by Crippen LogP contribution is -2.49. The Morgan fingerprint density at radius 1 is 0.971 bits per heavy atom. The Bertz CT molecular complexity index is 1360. The Morgan fingerprint density at radius 3 is 2.47 bits per heavy atom. The molecule has 0 aliphatic carbocycles. The van der Waals surface area contributed by atoms with E-state index in [4.69, 9.17) is 0 Å². The minimum Gasteiger partial charge on any atom is -0.336 e. The summed E-state index contributed by atoms with van der Waals surface area (Å²) in [6.07, 6.45) is -2.94. The van der Waals surface area contributed by atoms with Gasteiger partial charge in [-0.05, 0) is 36.8 Å². The molecular formula is C24H21F3N6O. The molecular weight excluding hydrogens is 445 g/mol. The zero-order valence-electron chi connectivity index (χ0n) is 18.3. The third-order valence-corrected chi connectivity index (χ3v) is 5.94. The number of hydrogen-bond donors (Lipinski definition) is 0. The molecule has 7 nitrogen and oxygen atoms in total. The molecule has 2 aromatic carbocycles. The lowest BCUT2D eigenvalue weighted by atomic mass is 10.1. The van der Waals surface area contributed by atoms with Gasteiger partial charge in [0, 0.05) is 43.5 Å². The minimum atomic E-state index is -4.44. The first-order chi connectivity index (χ1) is 16.3. The van der Waals surface area contributed by atoms with Gasteiger partial charge < -0.3 is 9.80 Å². The summed E-state index contributed by atoms with van der Waals surface area (Å²) in [5.74, 6) is 0.715. The molecule has 0 bridgehead atoms. The van der Waals surface area contributed by atoms with E-state index in [9.17, 15) is 18.0 Å². The van der Waals surface area contributed by atoms with E-state index in [1.54, 1.807) is 17.0 Å². The number of amides is 1. The van der Waals surface area contributed by atoms with Gasteiger partial charge in [-0.2, -0.15) is 22.7 Å².